The molecule has 1 aliphatic heterocycles. The van der Waals surface area contributed by atoms with Crippen molar-refractivity contribution in [1.29, 1.82) is 0 Å². The molecule has 3 atom stereocenters. The maximum Gasteiger partial charge on any atom is 0.179 e. The minimum absolute atomic E-state index is 0.352. The summed E-state index contributed by atoms with van der Waals surface area (Å²) in [5.41, 5.74) is 0. The molecule has 10 heavy (non-hydrogen) atoms. The molecule has 1 rings (SSSR count). The molecule has 1 saturated heterocycles. The average molecular weight is 258 g/mol. The normalized spacial score (nSPS) is 41.6. The van der Waals surface area contributed by atoms with Crippen molar-refractivity contribution in [2.45, 2.75) is 23.6 Å². The lowest BCUT2D eigenvalue weighted by atomic mass is 10.0. The van der Waals surface area contributed by atoms with Gasteiger partial charge >= 0.3 is 0 Å². The molecule has 0 radical (unpaired) electrons. The van der Waals surface area contributed by atoms with Crippen LogP contribution in [0.2, 0.25) is 0 Å². The first-order chi connectivity index (χ1) is 4.74. The third-order valence-corrected chi connectivity index (χ3v) is 3.27. The predicted octanol–water partition coefficient (Wildman–Crippen LogP) is 1.05. The second kappa shape index (κ2) is 3.73. The minimum Gasteiger partial charge on any atom is -0.389 e. The largest absolute Gasteiger partial charge is 0.389 e. The monoisotopic (exact) mass is 258 g/mol. The fourth-order valence-electron chi connectivity index (χ4n) is 1.04. The van der Waals surface area contributed by atoms with Gasteiger partial charge in [0.15, 0.2) is 25.3 Å². The van der Waals surface area contributed by atoms with E-state index in [-0.39, 0.29) is 4.11 Å². The maximum absolute atomic E-state index is 10.4. The molecule has 60 valence electrons. The van der Waals surface area contributed by atoms with E-state index in [0.29, 0.717) is 12.5 Å². The lowest BCUT2D eigenvalue weighted by Crippen LogP contribution is -2.33. The van der Waals surface area contributed by atoms with E-state index >= 15 is 0 Å². The van der Waals surface area contributed by atoms with Gasteiger partial charge in [0.25, 0.3) is 0 Å². The summed E-state index contributed by atoms with van der Waals surface area (Å²) in [6, 6.07) is 0. The zero-order valence-corrected chi connectivity index (χ0v) is 7.95. The molecule has 0 unspecified atom stereocenters. The first-order valence-electron chi connectivity index (χ1n) is 3.29. The van der Waals surface area contributed by atoms with E-state index in [1.165, 1.54) is 0 Å². The summed E-state index contributed by atoms with van der Waals surface area (Å²) in [6.45, 7) is 2.66. The van der Waals surface area contributed by atoms with Gasteiger partial charge in [-0.25, -0.2) is 0 Å². The number of alkyl halides is 1. The van der Waals surface area contributed by atoms with Crippen molar-refractivity contribution in [2.24, 2.45) is 5.92 Å². The van der Waals surface area contributed by atoms with E-state index in [9.17, 15) is 8.18 Å². The van der Waals surface area contributed by atoms with Crippen LogP contribution >= 0.6 is 21.2 Å². The summed E-state index contributed by atoms with van der Waals surface area (Å²) in [7, 11) is 0. The van der Waals surface area contributed by atoms with Crippen LogP contribution in [0, 0.1) is 5.92 Å². The van der Waals surface area contributed by atoms with Gasteiger partial charge < -0.3 is 9.84 Å². The van der Waals surface area contributed by atoms with Gasteiger partial charge in [0.05, 0.1) is 12.7 Å². The molecule has 0 aromatic carbocycles. The van der Waals surface area contributed by atoms with Gasteiger partial charge in [-0.1, -0.05) is 6.92 Å². The average Bonchev–Trinajstić information content (AvgIpc) is 1.88. The standard InChI is InChI=1S/C6H11IO3/c1-4-2-5(8)6(7-9)10-3-4/h4-6,8H,2-3H2,1H3/t4-,5+,6+/m1/s1. The van der Waals surface area contributed by atoms with E-state index in [4.69, 9.17) is 4.74 Å². The molecule has 0 bridgehead atoms. The lowest BCUT2D eigenvalue weighted by Gasteiger charge is -2.27. The molecule has 0 spiro atoms. The van der Waals surface area contributed by atoms with Crippen LogP contribution in [-0.4, -0.2) is 21.9 Å². The third kappa shape index (κ3) is 1.96. The van der Waals surface area contributed by atoms with Crippen molar-refractivity contribution in [3.05, 3.63) is 0 Å². The van der Waals surface area contributed by atoms with Crippen LogP contribution in [0.15, 0.2) is 0 Å². The first kappa shape index (κ1) is 8.55. The van der Waals surface area contributed by atoms with Gasteiger partial charge in [-0.2, -0.15) is 0 Å². The molecule has 1 N–H and O–H groups in total. The highest BCUT2D eigenvalue weighted by molar-refractivity contribution is 14.1. The topological polar surface area (TPSA) is 46.5 Å². The Morgan fingerprint density at radius 2 is 2.40 bits per heavy atom. The molecular formula is C6H11IO3. The molecule has 1 fully saturated rings. The maximum atomic E-state index is 10.4. The van der Waals surface area contributed by atoms with Crippen LogP contribution in [0.1, 0.15) is 13.3 Å². The summed E-state index contributed by atoms with van der Waals surface area (Å²) in [6.07, 6.45) is 0.237. The Morgan fingerprint density at radius 1 is 1.70 bits per heavy atom. The smallest absolute Gasteiger partial charge is 0.179 e. The van der Waals surface area contributed by atoms with E-state index in [1.807, 2.05) is 6.92 Å². The van der Waals surface area contributed by atoms with Crippen molar-refractivity contribution < 1.29 is 12.9 Å². The van der Waals surface area contributed by atoms with Crippen molar-refractivity contribution >= 4 is 21.2 Å². The van der Waals surface area contributed by atoms with Gasteiger partial charge in [-0.05, 0) is 12.3 Å². The number of aliphatic hydroxyl groups excluding tert-OH is 1. The summed E-state index contributed by atoms with van der Waals surface area (Å²) in [4.78, 5) is 0. The van der Waals surface area contributed by atoms with Crippen LogP contribution in [0.5, 0.6) is 0 Å². The molecule has 1 aliphatic rings. The number of rotatable bonds is 1. The van der Waals surface area contributed by atoms with Gasteiger partial charge in [-0.3, -0.25) is 3.07 Å². The highest BCUT2D eigenvalue weighted by Crippen LogP contribution is 2.25. The minimum atomic E-state index is -1.20. The number of ether oxygens (including phenoxy) is 1. The van der Waals surface area contributed by atoms with Gasteiger partial charge in [0.2, 0.25) is 0 Å². The van der Waals surface area contributed by atoms with Crippen LogP contribution < -0.4 is 0 Å². The molecule has 0 aromatic rings. The molecule has 0 saturated carbocycles. The Morgan fingerprint density at radius 3 is 2.90 bits per heavy atom. The van der Waals surface area contributed by atoms with Crippen LogP contribution in [0.3, 0.4) is 0 Å². The first-order valence-corrected chi connectivity index (χ1v) is 5.42. The summed E-state index contributed by atoms with van der Waals surface area (Å²) < 4.78 is 15.2. The predicted molar refractivity (Wildman–Crippen MR) is 44.2 cm³/mol. The second-order valence-corrected chi connectivity index (χ2v) is 4.42. The Balaban J connectivity index is 2.43. The number of halogens is 1. The lowest BCUT2D eigenvalue weighted by molar-refractivity contribution is -0.0426. The van der Waals surface area contributed by atoms with Crippen molar-refractivity contribution in [3.8, 4) is 0 Å². The van der Waals surface area contributed by atoms with Crippen molar-refractivity contribution in [1.82, 2.24) is 0 Å². The Bertz CT molecular complexity index is 128. The van der Waals surface area contributed by atoms with E-state index < -0.39 is 27.3 Å². The van der Waals surface area contributed by atoms with Crippen molar-refractivity contribution in [3.63, 3.8) is 0 Å². The number of hydrogen-bond donors (Lipinski definition) is 1. The Labute approximate surface area is 70.4 Å². The SMILES string of the molecule is C[C@H]1CO[C@H](I=O)[C@@H](O)C1. The molecular weight excluding hydrogens is 247 g/mol. The second-order valence-electron chi connectivity index (χ2n) is 2.68. The summed E-state index contributed by atoms with van der Waals surface area (Å²) in [5, 5.41) is 9.24. The number of hydrogen-bond acceptors (Lipinski definition) is 3. The Hall–Kier alpha value is 0.450. The highest BCUT2D eigenvalue weighted by atomic mass is 127. The van der Waals surface area contributed by atoms with E-state index in [1.54, 1.807) is 0 Å². The fourth-order valence-corrected chi connectivity index (χ4v) is 2.03. The molecule has 0 aliphatic carbocycles. The van der Waals surface area contributed by atoms with E-state index in [2.05, 4.69) is 0 Å². The Kier molecular flexibility index (Phi) is 3.19. The van der Waals surface area contributed by atoms with Gasteiger partial charge in [-0.15, -0.1) is 0 Å². The number of aliphatic hydroxyl groups is 1. The van der Waals surface area contributed by atoms with Crippen LogP contribution in [0.4, 0.5) is 0 Å². The highest BCUT2D eigenvalue weighted by Gasteiger charge is 2.27. The quantitative estimate of drug-likeness (QED) is 0.564. The van der Waals surface area contributed by atoms with Gasteiger partial charge in [0.1, 0.15) is 0 Å². The molecule has 0 amide bonds. The molecule has 0 aromatic heterocycles. The van der Waals surface area contributed by atoms with Crippen LogP contribution in [0.25, 0.3) is 0 Å². The van der Waals surface area contributed by atoms with Crippen molar-refractivity contribution in [2.75, 3.05) is 6.61 Å². The zero-order chi connectivity index (χ0) is 7.56. The van der Waals surface area contributed by atoms with Crippen LogP contribution in [-0.2, 0) is 7.81 Å². The third-order valence-electron chi connectivity index (χ3n) is 1.57. The zero-order valence-electron chi connectivity index (χ0n) is 5.79. The fraction of sp³-hybridized carbons (Fsp3) is 1.00. The summed E-state index contributed by atoms with van der Waals surface area (Å²) in [5.74, 6) is 0.404. The summed E-state index contributed by atoms with van der Waals surface area (Å²) >= 11 is -1.20. The van der Waals surface area contributed by atoms with Gasteiger partial charge in [0, 0.05) is 0 Å². The molecule has 4 heteroatoms. The molecule has 1 heterocycles. The molecule has 3 nitrogen and oxygen atoms in total. The van der Waals surface area contributed by atoms with E-state index in [0.717, 1.165) is 6.42 Å².